The second-order valence-corrected chi connectivity index (χ2v) is 8.69. The zero-order valence-corrected chi connectivity index (χ0v) is 20.2. The van der Waals surface area contributed by atoms with Gasteiger partial charge in [-0.15, -0.1) is 5.10 Å². The molecule has 41 heavy (non-hydrogen) atoms. The quantitative estimate of drug-likeness (QED) is 0.297. The van der Waals surface area contributed by atoms with E-state index in [0.717, 1.165) is 17.2 Å². The topological polar surface area (TPSA) is 83.0 Å². The van der Waals surface area contributed by atoms with Gasteiger partial charge in [-0.25, -0.2) is 18.4 Å². The first-order valence-corrected chi connectivity index (χ1v) is 11.3. The van der Waals surface area contributed by atoms with Crippen molar-refractivity contribution in [3.8, 4) is 5.69 Å². The molecule has 2 aromatic rings. The lowest BCUT2D eigenvalue weighted by molar-refractivity contribution is -0.415. The summed E-state index contributed by atoms with van der Waals surface area (Å²) in [7, 11) is 0. The molecule has 0 fully saturated rings. The number of halogens is 12. The van der Waals surface area contributed by atoms with Crippen LogP contribution in [0.1, 0.15) is 34.8 Å². The number of carbonyl (C=O) groups is 1. The average Bonchev–Trinajstić information content (AvgIpc) is 3.35. The van der Waals surface area contributed by atoms with E-state index in [9.17, 15) is 57.5 Å². The number of rotatable bonds is 12. The Balaban J connectivity index is 1.82. The van der Waals surface area contributed by atoms with E-state index in [0.29, 0.717) is 12.0 Å². The summed E-state index contributed by atoms with van der Waals surface area (Å²) < 4.78 is 166. The summed E-state index contributed by atoms with van der Waals surface area (Å²) in [5.74, 6) is -37.0. The van der Waals surface area contributed by atoms with E-state index in [1.807, 2.05) is 0 Å². The maximum absolute atomic E-state index is 14.0. The highest BCUT2D eigenvalue weighted by atomic mass is 19.4. The molecule has 0 aliphatic heterocycles. The molecular weight excluding hydrogens is 592 g/mol. The number of hydrogen-bond acceptors (Lipinski definition) is 4. The second-order valence-electron chi connectivity index (χ2n) is 8.69. The van der Waals surface area contributed by atoms with E-state index in [-0.39, 0.29) is 17.1 Å². The van der Waals surface area contributed by atoms with Gasteiger partial charge in [-0.3, -0.25) is 4.79 Å². The molecule has 6 nitrogen and oxygen atoms in total. The van der Waals surface area contributed by atoms with E-state index in [1.54, 1.807) is 18.2 Å². The molecule has 0 saturated carbocycles. The first-order chi connectivity index (χ1) is 18.8. The minimum Gasteiger partial charge on any atom is -0.370 e. The van der Waals surface area contributed by atoms with Crippen molar-refractivity contribution in [1.29, 1.82) is 0 Å². The van der Waals surface area contributed by atoms with E-state index in [1.165, 1.54) is 18.2 Å². The van der Waals surface area contributed by atoms with Crippen LogP contribution < -0.4 is 5.73 Å². The van der Waals surface area contributed by atoms with Crippen LogP contribution in [0.15, 0.2) is 42.5 Å². The zero-order valence-electron chi connectivity index (χ0n) is 20.2. The van der Waals surface area contributed by atoms with Crippen molar-refractivity contribution in [2.75, 3.05) is 6.61 Å². The third-order valence-electron chi connectivity index (χ3n) is 5.73. The molecule has 3 rings (SSSR count). The lowest BCUT2D eigenvalue weighted by Crippen LogP contribution is -2.69. The summed E-state index contributed by atoms with van der Waals surface area (Å²) in [5, 5.41) is 3.96. The summed E-state index contributed by atoms with van der Waals surface area (Å²) >= 11 is 0. The molecule has 1 amide bonds. The Bertz CT molecular complexity index is 1340. The summed E-state index contributed by atoms with van der Waals surface area (Å²) in [6.07, 6.45) is 0.979. The number of hydrogen-bond donors (Lipinski definition) is 1. The predicted molar refractivity (Wildman–Crippen MR) is 117 cm³/mol. The predicted octanol–water partition coefficient (Wildman–Crippen LogP) is 6.06. The van der Waals surface area contributed by atoms with Crippen LogP contribution in [0.2, 0.25) is 0 Å². The monoisotopic (exact) mass is 610 g/mol. The number of nitrogens with two attached hydrogens (primary N) is 1. The van der Waals surface area contributed by atoms with Crippen LogP contribution in [-0.4, -0.2) is 63.3 Å². The number of alkyl halides is 12. The van der Waals surface area contributed by atoms with Gasteiger partial charge in [0.1, 0.15) is 6.61 Å². The van der Waals surface area contributed by atoms with Gasteiger partial charge < -0.3 is 10.5 Å². The Morgan fingerprint density at radius 1 is 0.976 bits per heavy atom. The van der Waals surface area contributed by atoms with Gasteiger partial charge in [0, 0.05) is 5.57 Å². The minimum atomic E-state index is -7.63. The molecule has 1 aliphatic carbocycles. The Hall–Kier alpha value is -3.57. The number of ether oxygens (including phenoxy) is 1. The molecule has 0 saturated heterocycles. The molecule has 18 heteroatoms. The largest absolute Gasteiger partial charge is 0.384 e. The smallest absolute Gasteiger partial charge is 0.370 e. The highest BCUT2D eigenvalue weighted by molar-refractivity contribution is 5.89. The molecule has 0 unspecified atom stereocenters. The molecule has 0 atom stereocenters. The molecule has 1 heterocycles. The van der Waals surface area contributed by atoms with Crippen molar-refractivity contribution >= 4 is 11.5 Å². The maximum Gasteiger partial charge on any atom is 0.384 e. The summed E-state index contributed by atoms with van der Waals surface area (Å²) in [5.41, 5.74) is 5.76. The van der Waals surface area contributed by atoms with Gasteiger partial charge in [0.05, 0.1) is 12.3 Å². The molecule has 226 valence electrons. The fraction of sp³-hybridized carbons (Fsp3) is 0.435. The third-order valence-corrected chi connectivity index (χ3v) is 5.73. The van der Waals surface area contributed by atoms with Gasteiger partial charge in [-0.2, -0.15) is 43.9 Å². The van der Waals surface area contributed by atoms with Gasteiger partial charge in [0.2, 0.25) is 5.82 Å². The third kappa shape index (κ3) is 5.65. The van der Waals surface area contributed by atoms with Gasteiger partial charge >= 0.3 is 36.0 Å². The number of primary amides is 1. The number of aromatic nitrogens is 3. The van der Waals surface area contributed by atoms with Crippen molar-refractivity contribution in [3.05, 3.63) is 59.7 Å². The van der Waals surface area contributed by atoms with Crippen molar-refractivity contribution in [2.45, 2.75) is 55.5 Å². The Morgan fingerprint density at radius 3 is 2.20 bits per heavy atom. The lowest BCUT2D eigenvalue weighted by Gasteiger charge is -2.39. The number of nitrogens with zero attached hydrogens (tertiary/aromatic N) is 3. The molecule has 0 radical (unpaired) electrons. The SMILES string of the molecule is NC(=O)c1nc(C2=CCCC=C2)n(-c2cccc(COCC(F)(F)C(F)(F)C(F)(F)C(F)(F)C(F)(F)C(F)F)c2)n1. The van der Waals surface area contributed by atoms with Crippen LogP contribution in [0.3, 0.4) is 0 Å². The van der Waals surface area contributed by atoms with Crippen LogP contribution in [-0.2, 0) is 11.3 Å². The highest BCUT2D eigenvalue weighted by Gasteiger charge is 2.87. The first-order valence-electron chi connectivity index (χ1n) is 11.3. The average molecular weight is 610 g/mol. The van der Waals surface area contributed by atoms with E-state index in [4.69, 9.17) is 5.73 Å². The second kappa shape index (κ2) is 11.0. The van der Waals surface area contributed by atoms with Gasteiger partial charge in [-0.05, 0) is 30.5 Å². The van der Waals surface area contributed by atoms with Gasteiger partial charge in [-0.1, -0.05) is 30.4 Å². The number of allylic oxidation sites excluding steroid dienone is 4. The number of amides is 1. The van der Waals surface area contributed by atoms with Crippen molar-refractivity contribution < 1.29 is 62.2 Å². The Kier molecular flexibility index (Phi) is 8.58. The van der Waals surface area contributed by atoms with E-state index >= 15 is 0 Å². The fourth-order valence-electron chi connectivity index (χ4n) is 3.50. The Labute approximate surface area is 222 Å². The molecule has 1 aliphatic rings. The minimum absolute atomic E-state index is 0.0989. The van der Waals surface area contributed by atoms with E-state index < -0.39 is 61.0 Å². The Morgan fingerprint density at radius 2 is 1.63 bits per heavy atom. The van der Waals surface area contributed by atoms with Crippen molar-refractivity contribution in [1.82, 2.24) is 14.8 Å². The maximum atomic E-state index is 14.0. The molecular formula is C23H18F12N4O2. The molecule has 0 spiro atoms. The molecule has 0 bridgehead atoms. The van der Waals surface area contributed by atoms with Gasteiger partial charge in [0.25, 0.3) is 5.91 Å². The fourth-order valence-corrected chi connectivity index (χ4v) is 3.50. The number of carbonyl (C=O) groups excluding carboxylic acids is 1. The molecule has 2 N–H and O–H groups in total. The van der Waals surface area contributed by atoms with Crippen LogP contribution >= 0.6 is 0 Å². The standard InChI is InChI=1S/C23H18F12N4O2/c24-18(25)20(28,29)22(32,33)23(34,35)21(30,31)19(26,27)11-41-10-12-5-4-8-14(9-12)39-17(13-6-2-1-3-7-13)37-16(38-39)15(36)40/h2,4-9,18H,1,3,10-11H2,(H2,36,40). The normalized spacial score (nSPS) is 15.4. The lowest BCUT2D eigenvalue weighted by atomic mass is 9.94. The molecule has 1 aromatic heterocycles. The zero-order chi connectivity index (χ0) is 31.0. The van der Waals surface area contributed by atoms with Crippen molar-refractivity contribution in [3.63, 3.8) is 0 Å². The van der Waals surface area contributed by atoms with Crippen LogP contribution in [0, 0.1) is 0 Å². The van der Waals surface area contributed by atoms with Crippen LogP contribution in [0.25, 0.3) is 11.3 Å². The van der Waals surface area contributed by atoms with Crippen LogP contribution in [0.4, 0.5) is 52.7 Å². The first kappa shape index (κ1) is 32.0. The number of benzene rings is 1. The molecule has 1 aromatic carbocycles. The van der Waals surface area contributed by atoms with Crippen LogP contribution in [0.5, 0.6) is 0 Å². The van der Waals surface area contributed by atoms with Crippen molar-refractivity contribution in [2.24, 2.45) is 5.73 Å². The summed E-state index contributed by atoms with van der Waals surface area (Å²) in [6, 6.07) is 5.01. The highest BCUT2D eigenvalue weighted by Crippen LogP contribution is 2.58. The van der Waals surface area contributed by atoms with Gasteiger partial charge in [0.15, 0.2) is 5.82 Å². The van der Waals surface area contributed by atoms with E-state index in [2.05, 4.69) is 14.8 Å². The summed E-state index contributed by atoms with van der Waals surface area (Å²) in [6.45, 7) is -3.74. The summed E-state index contributed by atoms with van der Waals surface area (Å²) in [4.78, 5) is 15.6.